The van der Waals surface area contributed by atoms with Crippen LogP contribution in [0.25, 0.3) is 0 Å². The predicted octanol–water partition coefficient (Wildman–Crippen LogP) is 2.31. The second-order valence-electron chi connectivity index (χ2n) is 5.10. The molecule has 5 heteroatoms. The molecule has 21 heavy (non-hydrogen) atoms. The van der Waals surface area contributed by atoms with Crippen LogP contribution in [0.2, 0.25) is 0 Å². The average molecular weight is 287 g/mol. The minimum atomic E-state index is -1.29. The first-order valence-corrected chi connectivity index (χ1v) is 6.90. The molecule has 0 bridgehead atoms. The van der Waals surface area contributed by atoms with Crippen LogP contribution in [0.1, 0.15) is 31.7 Å². The van der Waals surface area contributed by atoms with Crippen molar-refractivity contribution in [3.63, 3.8) is 0 Å². The summed E-state index contributed by atoms with van der Waals surface area (Å²) in [5, 5.41) is 9.66. The number of carbonyl (C=O) groups is 2. The van der Waals surface area contributed by atoms with E-state index >= 15 is 0 Å². The zero-order valence-electron chi connectivity index (χ0n) is 11.9. The van der Waals surface area contributed by atoms with Crippen LogP contribution >= 0.6 is 0 Å². The first-order valence-electron chi connectivity index (χ1n) is 6.90. The molecule has 1 aliphatic carbocycles. The van der Waals surface area contributed by atoms with Gasteiger partial charge in [-0.2, -0.15) is 5.26 Å². The summed E-state index contributed by atoms with van der Waals surface area (Å²) in [4.78, 5) is 22.6. The highest BCUT2D eigenvalue weighted by Crippen LogP contribution is 2.44. The van der Waals surface area contributed by atoms with Gasteiger partial charge in [-0.05, 0) is 12.8 Å². The summed E-state index contributed by atoms with van der Waals surface area (Å²) in [5.41, 5.74) is -0.634. The molecule has 0 aromatic heterocycles. The maximum atomic E-state index is 11.9. The summed E-state index contributed by atoms with van der Waals surface area (Å²) in [6.45, 7) is 0.742. The lowest BCUT2D eigenvalue weighted by Crippen LogP contribution is -2.43. The molecular weight excluding hydrogens is 270 g/mol. The van der Waals surface area contributed by atoms with E-state index in [4.69, 9.17) is 4.74 Å². The Morgan fingerprint density at radius 3 is 2.48 bits per heavy atom. The Hall–Kier alpha value is -2.35. The van der Waals surface area contributed by atoms with Gasteiger partial charge in [0.2, 0.25) is 5.60 Å². The Morgan fingerprint density at radius 2 is 2.00 bits per heavy atom. The van der Waals surface area contributed by atoms with Crippen molar-refractivity contribution >= 4 is 11.9 Å². The van der Waals surface area contributed by atoms with Crippen LogP contribution in [0.3, 0.4) is 0 Å². The van der Waals surface area contributed by atoms with Gasteiger partial charge in [-0.25, -0.2) is 4.79 Å². The van der Waals surface area contributed by atoms with Crippen LogP contribution < -0.4 is 0 Å². The number of rotatable bonds is 5. The van der Waals surface area contributed by atoms with Gasteiger partial charge in [-0.15, -0.1) is 0 Å². The lowest BCUT2D eigenvalue weighted by molar-refractivity contribution is -0.172. The summed E-state index contributed by atoms with van der Waals surface area (Å²) in [7, 11) is 0. The molecule has 0 heterocycles. The van der Waals surface area contributed by atoms with Gasteiger partial charge in [0, 0.05) is 18.4 Å². The maximum absolute atomic E-state index is 11.9. The van der Waals surface area contributed by atoms with Crippen LogP contribution in [0, 0.1) is 17.2 Å². The molecule has 0 amide bonds. The second-order valence-corrected chi connectivity index (χ2v) is 5.10. The number of nitriles is 1. The molecule has 1 aliphatic rings. The highest BCUT2D eigenvalue weighted by Gasteiger charge is 2.47. The number of esters is 2. The van der Waals surface area contributed by atoms with Crippen molar-refractivity contribution in [2.75, 3.05) is 6.61 Å². The van der Waals surface area contributed by atoms with E-state index in [9.17, 15) is 14.9 Å². The van der Waals surface area contributed by atoms with Crippen molar-refractivity contribution in [1.82, 2.24) is 0 Å². The molecule has 0 radical (unpaired) electrons. The zero-order chi connectivity index (χ0) is 15.3. The summed E-state index contributed by atoms with van der Waals surface area (Å²) in [6.07, 6.45) is 2.69. The molecule has 1 atom stereocenters. The van der Waals surface area contributed by atoms with Gasteiger partial charge < -0.3 is 9.47 Å². The molecule has 1 aromatic carbocycles. The number of carbonyl (C=O) groups excluding carboxylic acids is 2. The maximum Gasteiger partial charge on any atom is 0.346 e. The molecule has 2 rings (SSSR count). The smallest absolute Gasteiger partial charge is 0.346 e. The molecule has 0 unspecified atom stereocenters. The normalized spacial score (nSPS) is 17.0. The Labute approximate surface area is 123 Å². The van der Waals surface area contributed by atoms with Crippen molar-refractivity contribution in [2.24, 2.45) is 5.92 Å². The minimum Gasteiger partial charge on any atom is -0.454 e. The van der Waals surface area contributed by atoms with Crippen LogP contribution in [0.15, 0.2) is 30.3 Å². The van der Waals surface area contributed by atoms with Crippen molar-refractivity contribution in [1.29, 1.82) is 5.26 Å². The third-order valence-electron chi connectivity index (χ3n) is 3.72. The van der Waals surface area contributed by atoms with E-state index in [0.717, 1.165) is 19.3 Å². The molecule has 0 aliphatic heterocycles. The summed E-state index contributed by atoms with van der Waals surface area (Å²) in [5.74, 6) is -1.29. The number of ether oxygens (including phenoxy) is 2. The van der Waals surface area contributed by atoms with Crippen LogP contribution in [0.4, 0.5) is 0 Å². The third-order valence-corrected chi connectivity index (χ3v) is 3.72. The van der Waals surface area contributed by atoms with Crippen LogP contribution in [0.5, 0.6) is 0 Å². The Morgan fingerprint density at radius 1 is 1.33 bits per heavy atom. The van der Waals surface area contributed by atoms with Gasteiger partial charge in [0.25, 0.3) is 0 Å². The molecule has 110 valence electrons. The molecular formula is C16H17NO4. The SMILES string of the molecule is CC(=O)OCC(=O)O[C@@](C#N)(c1ccccc1)C1CCC1. The number of hydrogen-bond acceptors (Lipinski definition) is 5. The summed E-state index contributed by atoms with van der Waals surface area (Å²) < 4.78 is 10.1. The minimum absolute atomic E-state index is 0.0221. The largest absolute Gasteiger partial charge is 0.454 e. The summed E-state index contributed by atoms with van der Waals surface area (Å²) >= 11 is 0. The van der Waals surface area contributed by atoms with E-state index in [0.29, 0.717) is 5.56 Å². The van der Waals surface area contributed by atoms with Gasteiger partial charge in [-0.3, -0.25) is 4.79 Å². The van der Waals surface area contributed by atoms with Crippen LogP contribution in [-0.4, -0.2) is 18.5 Å². The first-order chi connectivity index (χ1) is 10.1. The van der Waals surface area contributed by atoms with Crippen LogP contribution in [-0.2, 0) is 24.7 Å². The van der Waals surface area contributed by atoms with E-state index < -0.39 is 24.1 Å². The van der Waals surface area contributed by atoms with Gasteiger partial charge >= 0.3 is 11.9 Å². The standard InChI is InChI=1S/C16H17NO4/c1-12(18)20-10-15(19)21-16(11-17,14-8-5-9-14)13-6-3-2-4-7-13/h2-4,6-7,14H,5,8-10H2,1H3/t16-/m0/s1. The van der Waals surface area contributed by atoms with E-state index in [-0.39, 0.29) is 5.92 Å². The average Bonchev–Trinajstić information content (AvgIpc) is 2.43. The zero-order valence-corrected chi connectivity index (χ0v) is 11.9. The fourth-order valence-electron chi connectivity index (χ4n) is 2.43. The monoisotopic (exact) mass is 287 g/mol. The predicted molar refractivity (Wildman–Crippen MR) is 73.8 cm³/mol. The second kappa shape index (κ2) is 6.40. The van der Waals surface area contributed by atoms with E-state index in [1.54, 1.807) is 24.3 Å². The van der Waals surface area contributed by atoms with Gasteiger partial charge in [0.1, 0.15) is 6.07 Å². The molecule has 1 fully saturated rings. The lowest BCUT2D eigenvalue weighted by Gasteiger charge is -2.39. The highest BCUT2D eigenvalue weighted by atomic mass is 16.6. The number of benzene rings is 1. The fourth-order valence-corrected chi connectivity index (χ4v) is 2.43. The Bertz CT molecular complexity index is 559. The first kappa shape index (κ1) is 15.0. The van der Waals surface area contributed by atoms with E-state index in [2.05, 4.69) is 10.8 Å². The highest BCUT2D eigenvalue weighted by molar-refractivity contribution is 5.76. The molecule has 1 saturated carbocycles. The lowest BCUT2D eigenvalue weighted by atomic mass is 9.70. The molecule has 0 N–H and O–H groups in total. The quantitative estimate of drug-likeness (QED) is 0.777. The number of hydrogen-bond donors (Lipinski definition) is 0. The fraction of sp³-hybridized carbons (Fsp3) is 0.438. The molecule has 5 nitrogen and oxygen atoms in total. The van der Waals surface area contributed by atoms with E-state index in [1.807, 2.05) is 6.07 Å². The summed E-state index contributed by atoms with van der Waals surface area (Å²) in [6, 6.07) is 11.2. The Balaban J connectivity index is 2.22. The Kier molecular flexibility index (Phi) is 4.59. The van der Waals surface area contributed by atoms with Crippen molar-refractivity contribution in [2.45, 2.75) is 31.8 Å². The molecule has 0 spiro atoms. The topological polar surface area (TPSA) is 76.4 Å². The molecule has 0 saturated heterocycles. The van der Waals surface area contributed by atoms with E-state index in [1.165, 1.54) is 6.92 Å². The van der Waals surface area contributed by atoms with Crippen molar-refractivity contribution in [3.8, 4) is 6.07 Å². The van der Waals surface area contributed by atoms with Crippen molar-refractivity contribution < 1.29 is 19.1 Å². The van der Waals surface area contributed by atoms with Gasteiger partial charge in [0.05, 0.1) is 0 Å². The third kappa shape index (κ3) is 3.22. The van der Waals surface area contributed by atoms with Gasteiger partial charge in [-0.1, -0.05) is 36.8 Å². The molecule has 1 aromatic rings. The van der Waals surface area contributed by atoms with Gasteiger partial charge in [0.15, 0.2) is 6.61 Å². The van der Waals surface area contributed by atoms with Crippen molar-refractivity contribution in [3.05, 3.63) is 35.9 Å². The number of nitrogens with zero attached hydrogens (tertiary/aromatic N) is 1.